The number of hydrogen-bond acceptors (Lipinski definition) is 2. The molecule has 0 saturated heterocycles. The fraction of sp³-hybridized carbons (Fsp3) is 0.417. The largest absolute Gasteiger partial charge is 0.497 e. The maximum Gasteiger partial charge on any atom is 0.309 e. The summed E-state index contributed by atoms with van der Waals surface area (Å²) in [5.74, 6) is -0.185. The van der Waals surface area contributed by atoms with Crippen molar-refractivity contribution in [3.8, 4) is 5.75 Å². The lowest BCUT2D eigenvalue weighted by atomic mass is 9.86. The zero-order valence-electron chi connectivity index (χ0n) is 9.58. The Labute approximate surface area is 100.0 Å². The van der Waals surface area contributed by atoms with E-state index in [2.05, 4.69) is 0 Å². The van der Waals surface area contributed by atoms with Crippen molar-refractivity contribution in [2.24, 2.45) is 5.41 Å². The summed E-state index contributed by atoms with van der Waals surface area (Å²) in [5, 5.41) is 9.59. The first kappa shape index (κ1) is 12.8. The van der Waals surface area contributed by atoms with Crippen molar-refractivity contribution >= 4 is 17.6 Å². The minimum Gasteiger partial charge on any atom is -0.497 e. The molecule has 0 aromatic heterocycles. The zero-order valence-corrected chi connectivity index (χ0v) is 10.3. The number of carbonyl (C=O) groups is 1. The van der Waals surface area contributed by atoms with E-state index in [1.54, 1.807) is 39.2 Å². The monoisotopic (exact) mass is 242 g/mol. The van der Waals surface area contributed by atoms with Crippen LogP contribution in [0.25, 0.3) is 0 Å². The molecular formula is C12H15ClO3. The van der Waals surface area contributed by atoms with Crippen molar-refractivity contribution in [2.45, 2.75) is 20.3 Å². The first-order valence-electron chi connectivity index (χ1n) is 4.92. The van der Waals surface area contributed by atoms with Gasteiger partial charge < -0.3 is 9.84 Å². The normalized spacial score (nSPS) is 11.2. The highest BCUT2D eigenvalue weighted by Gasteiger charge is 2.27. The van der Waals surface area contributed by atoms with E-state index in [1.165, 1.54) is 0 Å². The summed E-state index contributed by atoms with van der Waals surface area (Å²) < 4.78 is 5.08. The Morgan fingerprint density at radius 3 is 2.56 bits per heavy atom. The third-order valence-corrected chi connectivity index (χ3v) is 2.61. The molecule has 1 aromatic rings. The molecule has 0 radical (unpaired) electrons. The number of carboxylic acids is 1. The molecule has 0 unspecified atom stereocenters. The smallest absolute Gasteiger partial charge is 0.309 e. The Kier molecular flexibility index (Phi) is 3.81. The maximum atomic E-state index is 11.0. The highest BCUT2D eigenvalue weighted by atomic mass is 35.5. The van der Waals surface area contributed by atoms with Gasteiger partial charge in [0.15, 0.2) is 0 Å². The molecule has 1 N–H and O–H groups in total. The summed E-state index contributed by atoms with van der Waals surface area (Å²) >= 11 is 5.91. The van der Waals surface area contributed by atoms with E-state index in [-0.39, 0.29) is 0 Å². The zero-order chi connectivity index (χ0) is 12.3. The van der Waals surface area contributed by atoms with Crippen LogP contribution in [0.3, 0.4) is 0 Å². The predicted molar refractivity (Wildman–Crippen MR) is 63.1 cm³/mol. The summed E-state index contributed by atoms with van der Waals surface area (Å²) in [7, 11) is 1.55. The average molecular weight is 243 g/mol. The first-order chi connectivity index (χ1) is 7.35. The second kappa shape index (κ2) is 4.74. The molecule has 3 nitrogen and oxygen atoms in total. The van der Waals surface area contributed by atoms with E-state index in [0.717, 1.165) is 5.56 Å². The van der Waals surface area contributed by atoms with E-state index in [9.17, 15) is 4.79 Å². The Hall–Kier alpha value is -1.22. The van der Waals surface area contributed by atoms with Gasteiger partial charge in [-0.05, 0) is 44.0 Å². The van der Waals surface area contributed by atoms with Gasteiger partial charge in [-0.3, -0.25) is 4.79 Å². The minimum atomic E-state index is -0.827. The number of methoxy groups -OCH3 is 1. The molecule has 1 aromatic carbocycles. The second-order valence-electron chi connectivity index (χ2n) is 4.37. The molecule has 0 spiro atoms. The van der Waals surface area contributed by atoms with Crippen LogP contribution in [0.2, 0.25) is 5.02 Å². The van der Waals surface area contributed by atoms with E-state index < -0.39 is 11.4 Å². The SMILES string of the molecule is COc1cc(Cl)cc(CC(C)(C)C(=O)O)c1. The van der Waals surface area contributed by atoms with Crippen molar-refractivity contribution in [3.05, 3.63) is 28.8 Å². The molecule has 16 heavy (non-hydrogen) atoms. The number of ether oxygens (including phenoxy) is 1. The number of aliphatic carboxylic acids is 1. The van der Waals surface area contributed by atoms with Gasteiger partial charge in [-0.15, -0.1) is 0 Å². The van der Waals surface area contributed by atoms with Gasteiger partial charge in [0, 0.05) is 5.02 Å². The van der Waals surface area contributed by atoms with E-state index in [0.29, 0.717) is 17.2 Å². The van der Waals surface area contributed by atoms with E-state index in [1.807, 2.05) is 0 Å². The fourth-order valence-corrected chi connectivity index (χ4v) is 1.67. The van der Waals surface area contributed by atoms with Gasteiger partial charge in [-0.2, -0.15) is 0 Å². The molecule has 1 rings (SSSR count). The standard InChI is InChI=1S/C12H15ClO3/c1-12(2,11(14)15)7-8-4-9(13)6-10(5-8)16-3/h4-6H,7H2,1-3H3,(H,14,15). The average Bonchev–Trinajstić information content (AvgIpc) is 2.15. The van der Waals surface area contributed by atoms with Crippen molar-refractivity contribution in [2.75, 3.05) is 7.11 Å². The van der Waals surface area contributed by atoms with Crippen LogP contribution < -0.4 is 4.74 Å². The minimum absolute atomic E-state index is 0.416. The molecule has 0 amide bonds. The van der Waals surface area contributed by atoms with Gasteiger partial charge in [-0.25, -0.2) is 0 Å². The molecule has 0 saturated carbocycles. The van der Waals surface area contributed by atoms with Crippen LogP contribution in [0.15, 0.2) is 18.2 Å². The second-order valence-corrected chi connectivity index (χ2v) is 4.80. The number of hydrogen-bond donors (Lipinski definition) is 1. The van der Waals surface area contributed by atoms with Gasteiger partial charge in [-0.1, -0.05) is 11.6 Å². The highest BCUT2D eigenvalue weighted by molar-refractivity contribution is 6.30. The van der Waals surface area contributed by atoms with Crippen LogP contribution >= 0.6 is 11.6 Å². The van der Waals surface area contributed by atoms with Crippen molar-refractivity contribution in [3.63, 3.8) is 0 Å². The molecule has 0 atom stereocenters. The lowest BCUT2D eigenvalue weighted by molar-refractivity contribution is -0.146. The fourth-order valence-electron chi connectivity index (χ4n) is 1.43. The maximum absolute atomic E-state index is 11.0. The molecule has 0 aliphatic rings. The van der Waals surface area contributed by atoms with Gasteiger partial charge in [0.25, 0.3) is 0 Å². The summed E-state index contributed by atoms with van der Waals surface area (Å²) in [5.41, 5.74) is 0.0483. The summed E-state index contributed by atoms with van der Waals surface area (Å²) in [6.07, 6.45) is 0.416. The molecule has 0 heterocycles. The van der Waals surface area contributed by atoms with Gasteiger partial charge in [0.05, 0.1) is 12.5 Å². The van der Waals surface area contributed by atoms with Crippen LogP contribution in [-0.4, -0.2) is 18.2 Å². The van der Waals surface area contributed by atoms with Crippen LogP contribution in [0, 0.1) is 5.41 Å². The van der Waals surface area contributed by atoms with Crippen molar-refractivity contribution < 1.29 is 14.6 Å². The Morgan fingerprint density at radius 1 is 1.44 bits per heavy atom. The molecular weight excluding hydrogens is 228 g/mol. The number of benzene rings is 1. The van der Waals surface area contributed by atoms with Crippen LogP contribution in [0.4, 0.5) is 0 Å². The summed E-state index contributed by atoms with van der Waals surface area (Å²) in [4.78, 5) is 11.0. The van der Waals surface area contributed by atoms with Crippen LogP contribution in [0.1, 0.15) is 19.4 Å². The third kappa shape index (κ3) is 3.14. The van der Waals surface area contributed by atoms with Crippen LogP contribution in [-0.2, 0) is 11.2 Å². The van der Waals surface area contributed by atoms with Crippen LogP contribution in [0.5, 0.6) is 5.75 Å². The first-order valence-corrected chi connectivity index (χ1v) is 5.30. The van der Waals surface area contributed by atoms with Gasteiger partial charge in [0.2, 0.25) is 0 Å². The molecule has 4 heteroatoms. The van der Waals surface area contributed by atoms with Crippen molar-refractivity contribution in [1.29, 1.82) is 0 Å². The van der Waals surface area contributed by atoms with Crippen molar-refractivity contribution in [1.82, 2.24) is 0 Å². The Balaban J connectivity index is 2.97. The number of rotatable bonds is 4. The molecule has 0 fully saturated rings. The summed E-state index contributed by atoms with van der Waals surface area (Å²) in [6, 6.07) is 5.25. The lowest BCUT2D eigenvalue weighted by Crippen LogP contribution is -2.26. The topological polar surface area (TPSA) is 46.5 Å². The summed E-state index contributed by atoms with van der Waals surface area (Å²) in [6.45, 7) is 3.37. The van der Waals surface area contributed by atoms with E-state index in [4.69, 9.17) is 21.4 Å². The number of carboxylic acid groups (broad SMARTS) is 1. The number of halogens is 1. The molecule has 0 bridgehead atoms. The lowest BCUT2D eigenvalue weighted by Gasteiger charge is -2.19. The van der Waals surface area contributed by atoms with Gasteiger partial charge >= 0.3 is 5.97 Å². The van der Waals surface area contributed by atoms with E-state index >= 15 is 0 Å². The Morgan fingerprint density at radius 2 is 2.06 bits per heavy atom. The molecule has 88 valence electrons. The molecule has 0 aliphatic heterocycles. The van der Waals surface area contributed by atoms with Gasteiger partial charge in [0.1, 0.15) is 5.75 Å². The predicted octanol–water partition coefficient (Wildman–Crippen LogP) is 3.00. The Bertz CT molecular complexity index is 399. The molecule has 0 aliphatic carbocycles. The highest BCUT2D eigenvalue weighted by Crippen LogP contribution is 2.27. The quantitative estimate of drug-likeness (QED) is 0.883. The third-order valence-electron chi connectivity index (χ3n) is 2.39.